The number of hydrogen-bond donors (Lipinski definition) is 2. The van der Waals surface area contributed by atoms with Crippen molar-refractivity contribution in [3.8, 4) is 0 Å². The number of nitrogens with two attached hydrogens (primary N) is 1. The van der Waals surface area contributed by atoms with Crippen molar-refractivity contribution in [2.24, 2.45) is 12.8 Å². The summed E-state index contributed by atoms with van der Waals surface area (Å²) >= 11 is 0. The number of aromatic nitrogens is 3. The van der Waals surface area contributed by atoms with Gasteiger partial charge < -0.3 is 11.1 Å². The average molecular weight is 273 g/mol. The Morgan fingerprint density at radius 3 is 2.80 bits per heavy atom. The number of rotatable bonds is 2. The maximum Gasteiger partial charge on any atom is 0.251 e. The Balaban J connectivity index is 1.85. The van der Waals surface area contributed by atoms with Crippen LogP contribution in [0.3, 0.4) is 0 Å². The monoisotopic (exact) mass is 273 g/mol. The van der Waals surface area contributed by atoms with Crippen LogP contribution in [0.2, 0.25) is 0 Å². The van der Waals surface area contributed by atoms with Crippen LogP contribution >= 0.6 is 0 Å². The van der Waals surface area contributed by atoms with Gasteiger partial charge in [0.05, 0.1) is 0 Å². The molecule has 0 aromatic carbocycles. The summed E-state index contributed by atoms with van der Waals surface area (Å²) in [5, 5.41) is 4.21. The number of nitrogens with one attached hydrogen (secondary N) is 1. The fourth-order valence-corrected chi connectivity index (χ4v) is 2.66. The molecule has 0 bridgehead atoms. The minimum absolute atomic E-state index is 0.0641. The summed E-state index contributed by atoms with van der Waals surface area (Å²) in [7, 11) is 1.72. The largest absolute Gasteiger partial charge is 0.351 e. The molecule has 1 aliphatic carbocycles. The highest BCUT2D eigenvalue weighted by molar-refractivity contribution is 5.74. The molecule has 2 aromatic rings. The highest BCUT2D eigenvalue weighted by Gasteiger charge is 2.19. The molecule has 2 aromatic heterocycles. The van der Waals surface area contributed by atoms with Crippen molar-refractivity contribution in [2.75, 3.05) is 5.32 Å². The molecule has 1 aliphatic rings. The number of pyridine rings is 1. The van der Waals surface area contributed by atoms with Crippen LogP contribution in [0.25, 0.3) is 11.0 Å². The Labute approximate surface area is 117 Å². The van der Waals surface area contributed by atoms with Gasteiger partial charge in [0.2, 0.25) is 5.95 Å². The van der Waals surface area contributed by atoms with Crippen LogP contribution in [-0.4, -0.2) is 26.6 Å². The number of aryl methyl sites for hydroxylation is 1. The molecule has 3 N–H and O–H groups in total. The number of nitrogens with zero attached hydrogens (tertiary/aromatic N) is 3. The first-order valence-corrected chi connectivity index (χ1v) is 6.98. The quantitative estimate of drug-likeness (QED) is 0.853. The van der Waals surface area contributed by atoms with E-state index in [1.54, 1.807) is 23.9 Å². The molecular weight excluding hydrogens is 254 g/mol. The van der Waals surface area contributed by atoms with Crippen LogP contribution < -0.4 is 16.6 Å². The lowest BCUT2D eigenvalue weighted by molar-refractivity contribution is 0.410. The third-order valence-electron chi connectivity index (χ3n) is 3.95. The van der Waals surface area contributed by atoms with E-state index >= 15 is 0 Å². The minimum atomic E-state index is -0.0641. The van der Waals surface area contributed by atoms with Gasteiger partial charge in [0.15, 0.2) is 0 Å². The fraction of sp³-hybridized carbons (Fsp3) is 0.500. The summed E-state index contributed by atoms with van der Waals surface area (Å²) in [6.07, 6.45) is 5.89. The van der Waals surface area contributed by atoms with Gasteiger partial charge in [-0.1, -0.05) is 0 Å². The Kier molecular flexibility index (Phi) is 3.40. The second kappa shape index (κ2) is 5.20. The molecule has 6 nitrogen and oxygen atoms in total. The van der Waals surface area contributed by atoms with E-state index in [0.29, 0.717) is 23.7 Å². The number of anilines is 1. The first kappa shape index (κ1) is 13.1. The van der Waals surface area contributed by atoms with Gasteiger partial charge in [-0.2, -0.15) is 4.98 Å². The minimum Gasteiger partial charge on any atom is -0.351 e. The molecule has 0 aliphatic heterocycles. The maximum atomic E-state index is 11.6. The average Bonchev–Trinajstić information content (AvgIpc) is 2.46. The van der Waals surface area contributed by atoms with Gasteiger partial charge in [-0.3, -0.25) is 9.36 Å². The Morgan fingerprint density at radius 2 is 2.05 bits per heavy atom. The predicted octanol–water partition coefficient (Wildman–Crippen LogP) is 1.01. The van der Waals surface area contributed by atoms with Gasteiger partial charge in [-0.25, -0.2) is 4.98 Å². The molecule has 0 amide bonds. The second-order valence-electron chi connectivity index (χ2n) is 5.46. The zero-order valence-electron chi connectivity index (χ0n) is 11.5. The molecule has 106 valence electrons. The topological polar surface area (TPSA) is 85.8 Å². The molecule has 0 spiro atoms. The predicted molar refractivity (Wildman–Crippen MR) is 78.6 cm³/mol. The molecule has 0 unspecified atom stereocenters. The molecule has 0 atom stereocenters. The summed E-state index contributed by atoms with van der Waals surface area (Å²) in [5.74, 6) is 0.583. The van der Waals surface area contributed by atoms with Crippen molar-refractivity contribution in [3.05, 3.63) is 28.7 Å². The third kappa shape index (κ3) is 2.51. The molecule has 3 rings (SSSR count). The van der Waals surface area contributed by atoms with Gasteiger partial charge in [0, 0.05) is 36.8 Å². The SMILES string of the molecule is Cn1c(=O)ccc2cnc(N[C@H]3CC[C@H](N)CC3)nc21. The molecule has 0 radical (unpaired) electrons. The van der Waals surface area contributed by atoms with E-state index in [4.69, 9.17) is 5.73 Å². The second-order valence-corrected chi connectivity index (χ2v) is 5.46. The summed E-state index contributed by atoms with van der Waals surface area (Å²) in [6, 6.07) is 3.97. The van der Waals surface area contributed by atoms with Crippen molar-refractivity contribution < 1.29 is 0 Å². The Hall–Kier alpha value is -1.95. The van der Waals surface area contributed by atoms with E-state index in [0.717, 1.165) is 31.1 Å². The lowest BCUT2D eigenvalue weighted by Crippen LogP contribution is -2.33. The van der Waals surface area contributed by atoms with Gasteiger partial charge >= 0.3 is 0 Å². The lowest BCUT2D eigenvalue weighted by Gasteiger charge is -2.26. The van der Waals surface area contributed by atoms with Gasteiger partial charge in [-0.05, 0) is 31.7 Å². The molecule has 1 saturated carbocycles. The van der Waals surface area contributed by atoms with Crippen molar-refractivity contribution >= 4 is 17.0 Å². The van der Waals surface area contributed by atoms with Crippen LogP contribution in [0.15, 0.2) is 23.1 Å². The first-order chi connectivity index (χ1) is 9.63. The van der Waals surface area contributed by atoms with Gasteiger partial charge in [0.1, 0.15) is 5.65 Å². The molecule has 1 fully saturated rings. The number of fused-ring (bicyclic) bond motifs is 1. The van der Waals surface area contributed by atoms with Crippen molar-refractivity contribution in [1.82, 2.24) is 14.5 Å². The van der Waals surface area contributed by atoms with Crippen molar-refractivity contribution in [3.63, 3.8) is 0 Å². The molecule has 2 heterocycles. The summed E-state index contributed by atoms with van der Waals surface area (Å²) in [5.41, 5.74) is 6.50. The van der Waals surface area contributed by atoms with Crippen LogP contribution in [0.5, 0.6) is 0 Å². The smallest absolute Gasteiger partial charge is 0.251 e. The highest BCUT2D eigenvalue weighted by atomic mass is 16.1. The van der Waals surface area contributed by atoms with Gasteiger partial charge in [-0.15, -0.1) is 0 Å². The van der Waals surface area contributed by atoms with E-state index in [1.165, 1.54) is 6.07 Å². The summed E-state index contributed by atoms with van der Waals surface area (Å²) in [6.45, 7) is 0. The summed E-state index contributed by atoms with van der Waals surface area (Å²) in [4.78, 5) is 20.4. The number of hydrogen-bond acceptors (Lipinski definition) is 5. The van der Waals surface area contributed by atoms with Gasteiger partial charge in [0.25, 0.3) is 5.56 Å². The Bertz CT molecular complexity index is 673. The van der Waals surface area contributed by atoms with Crippen LogP contribution in [0.1, 0.15) is 25.7 Å². The summed E-state index contributed by atoms with van der Waals surface area (Å²) < 4.78 is 1.54. The standard InChI is InChI=1S/C14H19N5O/c1-19-12(20)7-2-9-8-16-14(18-13(9)19)17-11-5-3-10(15)4-6-11/h2,7-8,10-11H,3-6,15H2,1H3,(H,16,17,18)/t10-,11-. The Morgan fingerprint density at radius 1 is 1.30 bits per heavy atom. The van der Waals surface area contributed by atoms with E-state index in [-0.39, 0.29) is 5.56 Å². The molecule has 0 saturated heterocycles. The fourth-order valence-electron chi connectivity index (χ4n) is 2.66. The zero-order valence-corrected chi connectivity index (χ0v) is 11.5. The molecule has 20 heavy (non-hydrogen) atoms. The van der Waals surface area contributed by atoms with E-state index in [9.17, 15) is 4.79 Å². The van der Waals surface area contributed by atoms with Crippen molar-refractivity contribution in [2.45, 2.75) is 37.8 Å². The van der Waals surface area contributed by atoms with E-state index in [2.05, 4.69) is 15.3 Å². The first-order valence-electron chi connectivity index (χ1n) is 6.98. The lowest BCUT2D eigenvalue weighted by atomic mass is 9.92. The van der Waals surface area contributed by atoms with E-state index < -0.39 is 0 Å². The highest BCUT2D eigenvalue weighted by Crippen LogP contribution is 2.20. The molecular formula is C14H19N5O. The van der Waals surface area contributed by atoms with Crippen LogP contribution in [-0.2, 0) is 7.05 Å². The van der Waals surface area contributed by atoms with Crippen molar-refractivity contribution in [1.29, 1.82) is 0 Å². The maximum absolute atomic E-state index is 11.6. The normalized spacial score (nSPS) is 22.9. The van der Waals surface area contributed by atoms with Crippen LogP contribution in [0, 0.1) is 0 Å². The van der Waals surface area contributed by atoms with Crippen LogP contribution in [0.4, 0.5) is 5.95 Å². The third-order valence-corrected chi connectivity index (χ3v) is 3.95. The molecule has 6 heteroatoms. The zero-order chi connectivity index (χ0) is 14.1. The van der Waals surface area contributed by atoms with E-state index in [1.807, 2.05) is 0 Å².